The highest BCUT2D eigenvalue weighted by Gasteiger charge is 2.05. The highest BCUT2D eigenvalue weighted by molar-refractivity contribution is 6.35. The van der Waals surface area contributed by atoms with Gasteiger partial charge in [-0.25, -0.2) is 0 Å². The zero-order valence-corrected chi connectivity index (χ0v) is 10.5. The van der Waals surface area contributed by atoms with E-state index in [4.69, 9.17) is 23.2 Å². The number of amidine groups is 1. The molecular formula is C12H14Cl2N2. The molecule has 1 aromatic carbocycles. The first kappa shape index (κ1) is 11.7. The Bertz CT molecular complexity index is 402. The van der Waals surface area contributed by atoms with Gasteiger partial charge in [0.05, 0.1) is 5.84 Å². The van der Waals surface area contributed by atoms with Crippen molar-refractivity contribution in [3.8, 4) is 0 Å². The Hall–Kier alpha value is -0.730. The minimum absolute atomic E-state index is 0.682. The van der Waals surface area contributed by atoms with Gasteiger partial charge in [-0.3, -0.25) is 4.99 Å². The summed E-state index contributed by atoms with van der Waals surface area (Å²) >= 11 is 11.9. The highest BCUT2D eigenvalue weighted by atomic mass is 35.5. The lowest BCUT2D eigenvalue weighted by molar-refractivity contribution is 0.851. The molecule has 0 fully saturated rings. The molecule has 1 aromatic rings. The molecule has 1 heterocycles. The van der Waals surface area contributed by atoms with E-state index in [1.54, 1.807) is 6.07 Å². The first-order chi connectivity index (χ1) is 7.75. The molecule has 0 atom stereocenters. The van der Waals surface area contributed by atoms with E-state index in [-0.39, 0.29) is 0 Å². The standard InChI is InChI=1S/C12H14Cl2N2/c13-10-4-3-9(11(14)8-10)5-7-16-12-2-1-6-15-12/h3-4,8H,1-2,5-7H2,(H,15,16). The molecule has 0 aliphatic carbocycles. The number of nitrogens with zero attached hydrogens (tertiary/aromatic N) is 1. The van der Waals surface area contributed by atoms with Crippen LogP contribution in [0.1, 0.15) is 18.4 Å². The Kier molecular flexibility index (Phi) is 4.08. The smallest absolute Gasteiger partial charge is 0.0963 e. The lowest BCUT2D eigenvalue weighted by atomic mass is 10.1. The van der Waals surface area contributed by atoms with E-state index in [1.807, 2.05) is 12.1 Å². The number of nitrogens with one attached hydrogen (secondary N) is 1. The van der Waals surface area contributed by atoms with Crippen LogP contribution in [0.2, 0.25) is 10.0 Å². The highest BCUT2D eigenvalue weighted by Crippen LogP contribution is 2.21. The Balaban J connectivity index is 1.84. The van der Waals surface area contributed by atoms with Crippen molar-refractivity contribution in [1.29, 1.82) is 0 Å². The third-order valence-corrected chi connectivity index (χ3v) is 3.20. The van der Waals surface area contributed by atoms with Gasteiger partial charge in [-0.2, -0.15) is 0 Å². The van der Waals surface area contributed by atoms with E-state index in [1.165, 1.54) is 6.42 Å². The van der Waals surface area contributed by atoms with E-state index in [2.05, 4.69) is 10.3 Å². The van der Waals surface area contributed by atoms with Crippen molar-refractivity contribution in [1.82, 2.24) is 5.32 Å². The van der Waals surface area contributed by atoms with Crippen LogP contribution < -0.4 is 5.32 Å². The fraction of sp³-hybridized carbons (Fsp3) is 0.417. The molecule has 1 N–H and O–H groups in total. The average Bonchev–Trinajstić information content (AvgIpc) is 2.74. The number of halogens is 2. The van der Waals surface area contributed by atoms with Crippen LogP contribution in [0.5, 0.6) is 0 Å². The number of aliphatic imine (C=N–C) groups is 1. The summed E-state index contributed by atoms with van der Waals surface area (Å²) in [4.78, 5) is 4.35. The van der Waals surface area contributed by atoms with Crippen LogP contribution in [0.25, 0.3) is 0 Å². The van der Waals surface area contributed by atoms with Crippen LogP contribution in [-0.2, 0) is 6.42 Å². The monoisotopic (exact) mass is 256 g/mol. The van der Waals surface area contributed by atoms with Gasteiger partial charge in [-0.05, 0) is 30.5 Å². The summed E-state index contributed by atoms with van der Waals surface area (Å²) in [6.45, 7) is 1.84. The summed E-state index contributed by atoms with van der Waals surface area (Å²) in [5.41, 5.74) is 1.12. The van der Waals surface area contributed by atoms with Gasteiger partial charge in [0.25, 0.3) is 0 Å². The zero-order valence-electron chi connectivity index (χ0n) is 8.97. The molecule has 0 spiro atoms. The van der Waals surface area contributed by atoms with Gasteiger partial charge in [0.15, 0.2) is 0 Å². The summed E-state index contributed by atoms with van der Waals surface area (Å²) in [5.74, 6) is 1.13. The fourth-order valence-corrected chi connectivity index (χ4v) is 2.25. The molecule has 0 saturated heterocycles. The van der Waals surface area contributed by atoms with Crippen molar-refractivity contribution in [2.45, 2.75) is 19.3 Å². The predicted molar refractivity (Wildman–Crippen MR) is 69.7 cm³/mol. The molecule has 1 aliphatic rings. The summed E-state index contributed by atoms with van der Waals surface area (Å²) in [5, 5.41) is 4.75. The van der Waals surface area contributed by atoms with E-state index in [0.29, 0.717) is 5.02 Å². The third-order valence-electron chi connectivity index (χ3n) is 2.61. The average molecular weight is 257 g/mol. The van der Waals surface area contributed by atoms with Crippen LogP contribution in [0.15, 0.2) is 23.2 Å². The molecule has 86 valence electrons. The van der Waals surface area contributed by atoms with E-state index in [0.717, 1.165) is 42.4 Å². The van der Waals surface area contributed by atoms with E-state index in [9.17, 15) is 0 Å². The van der Waals surface area contributed by atoms with Gasteiger partial charge < -0.3 is 5.32 Å². The van der Waals surface area contributed by atoms with Gasteiger partial charge in [0, 0.05) is 29.6 Å². The summed E-state index contributed by atoms with van der Waals surface area (Å²) in [7, 11) is 0. The molecular weight excluding hydrogens is 243 g/mol. The Morgan fingerprint density at radius 3 is 2.88 bits per heavy atom. The van der Waals surface area contributed by atoms with Gasteiger partial charge in [0.1, 0.15) is 0 Å². The Labute approximate surface area is 106 Å². The second-order valence-corrected chi connectivity index (χ2v) is 4.69. The molecule has 0 radical (unpaired) electrons. The normalized spacial score (nSPS) is 15.0. The quantitative estimate of drug-likeness (QED) is 0.882. The Morgan fingerprint density at radius 1 is 1.31 bits per heavy atom. The van der Waals surface area contributed by atoms with Crippen molar-refractivity contribution >= 4 is 29.0 Å². The van der Waals surface area contributed by atoms with Crippen molar-refractivity contribution in [3.05, 3.63) is 33.8 Å². The van der Waals surface area contributed by atoms with Gasteiger partial charge in [-0.1, -0.05) is 29.3 Å². The number of rotatable bonds is 3. The SMILES string of the molecule is Clc1ccc(CCNC2=NCCC2)c(Cl)c1. The van der Waals surface area contributed by atoms with Crippen LogP contribution in [-0.4, -0.2) is 18.9 Å². The summed E-state index contributed by atoms with van der Waals surface area (Å²) < 4.78 is 0. The van der Waals surface area contributed by atoms with Crippen LogP contribution >= 0.6 is 23.2 Å². The topological polar surface area (TPSA) is 24.4 Å². The van der Waals surface area contributed by atoms with Gasteiger partial charge in [0.2, 0.25) is 0 Å². The Morgan fingerprint density at radius 2 is 2.19 bits per heavy atom. The van der Waals surface area contributed by atoms with Crippen LogP contribution in [0.3, 0.4) is 0 Å². The van der Waals surface area contributed by atoms with Gasteiger partial charge in [-0.15, -0.1) is 0 Å². The zero-order chi connectivity index (χ0) is 11.4. The molecule has 1 aliphatic heterocycles. The maximum Gasteiger partial charge on any atom is 0.0963 e. The van der Waals surface area contributed by atoms with Crippen LogP contribution in [0, 0.1) is 0 Å². The minimum Gasteiger partial charge on any atom is -0.374 e. The molecule has 16 heavy (non-hydrogen) atoms. The molecule has 0 amide bonds. The largest absolute Gasteiger partial charge is 0.374 e. The lowest BCUT2D eigenvalue weighted by Crippen LogP contribution is -2.23. The lowest BCUT2D eigenvalue weighted by Gasteiger charge is -2.07. The summed E-state index contributed by atoms with van der Waals surface area (Å²) in [6.07, 6.45) is 3.15. The fourth-order valence-electron chi connectivity index (χ4n) is 1.75. The number of hydrogen-bond donors (Lipinski definition) is 1. The minimum atomic E-state index is 0.682. The molecule has 4 heteroatoms. The van der Waals surface area contributed by atoms with Crippen molar-refractivity contribution < 1.29 is 0 Å². The molecule has 0 unspecified atom stereocenters. The molecule has 0 bridgehead atoms. The second-order valence-electron chi connectivity index (χ2n) is 3.84. The molecule has 0 saturated carbocycles. The molecule has 0 aromatic heterocycles. The molecule has 2 rings (SSSR count). The van der Waals surface area contributed by atoms with Crippen molar-refractivity contribution in [2.75, 3.05) is 13.1 Å². The maximum absolute atomic E-state index is 6.08. The third kappa shape index (κ3) is 3.13. The van der Waals surface area contributed by atoms with Crippen LogP contribution in [0.4, 0.5) is 0 Å². The molecule has 2 nitrogen and oxygen atoms in total. The van der Waals surface area contributed by atoms with Gasteiger partial charge >= 0.3 is 0 Å². The number of hydrogen-bond acceptors (Lipinski definition) is 2. The second kappa shape index (κ2) is 5.55. The van der Waals surface area contributed by atoms with E-state index >= 15 is 0 Å². The first-order valence-corrected chi connectivity index (χ1v) is 6.22. The maximum atomic E-state index is 6.08. The predicted octanol–water partition coefficient (Wildman–Crippen LogP) is 3.32. The van der Waals surface area contributed by atoms with E-state index < -0.39 is 0 Å². The van der Waals surface area contributed by atoms with Crippen molar-refractivity contribution in [3.63, 3.8) is 0 Å². The van der Waals surface area contributed by atoms with Crippen molar-refractivity contribution in [2.24, 2.45) is 4.99 Å². The summed E-state index contributed by atoms with van der Waals surface area (Å²) in [6, 6.07) is 5.63. The first-order valence-electron chi connectivity index (χ1n) is 5.47. The number of benzene rings is 1.